The summed E-state index contributed by atoms with van der Waals surface area (Å²) in [6.45, 7) is 14.1. The van der Waals surface area contributed by atoms with E-state index >= 15 is 0 Å². The van der Waals surface area contributed by atoms with Crippen LogP contribution in [0.1, 0.15) is 50.6 Å². The summed E-state index contributed by atoms with van der Waals surface area (Å²) in [5.41, 5.74) is 4.05. The molecule has 1 aromatic heterocycles. The molecule has 1 aliphatic carbocycles. The first-order valence-electron chi connectivity index (χ1n) is 11.9. The van der Waals surface area contributed by atoms with Gasteiger partial charge in [-0.25, -0.2) is 9.78 Å². The fourth-order valence-corrected chi connectivity index (χ4v) is 4.06. The molecule has 0 radical (unpaired) electrons. The van der Waals surface area contributed by atoms with Crippen LogP contribution in [-0.2, 0) is 11.2 Å². The van der Waals surface area contributed by atoms with Gasteiger partial charge in [-0.3, -0.25) is 0 Å². The predicted molar refractivity (Wildman–Crippen MR) is 138 cm³/mol. The lowest BCUT2D eigenvalue weighted by Crippen LogP contribution is -2.37. The van der Waals surface area contributed by atoms with Crippen LogP contribution < -0.4 is 0 Å². The van der Waals surface area contributed by atoms with Gasteiger partial charge in [-0.1, -0.05) is 43.0 Å². The summed E-state index contributed by atoms with van der Waals surface area (Å²) < 4.78 is 11.9. The molecule has 0 bridgehead atoms. The van der Waals surface area contributed by atoms with Crippen molar-refractivity contribution in [3.63, 3.8) is 0 Å². The monoisotopic (exact) mass is 469 g/mol. The molecule has 2 aromatic carbocycles. The number of nitrogens with zero attached hydrogens (tertiary/aromatic N) is 3. The average Bonchev–Trinajstić information content (AvgIpc) is 3.52. The number of hydrogen-bond acceptors (Lipinski definition) is 5. The molecule has 0 unspecified atom stereocenters. The van der Waals surface area contributed by atoms with Gasteiger partial charge in [0.25, 0.3) is 0 Å². The van der Waals surface area contributed by atoms with E-state index in [1.54, 1.807) is 11.0 Å². The normalized spacial score (nSPS) is 13.3. The van der Waals surface area contributed by atoms with Gasteiger partial charge >= 0.3 is 6.09 Å². The topological polar surface area (TPSA) is 79.4 Å². The first kappa shape index (κ1) is 24.3. The predicted octanol–water partition coefficient (Wildman–Crippen LogP) is 6.76. The van der Waals surface area contributed by atoms with Crippen LogP contribution in [0.15, 0.2) is 60.0 Å². The number of fused-ring (bicyclic) bond motifs is 1. The Labute approximate surface area is 206 Å². The van der Waals surface area contributed by atoms with E-state index in [0.29, 0.717) is 40.6 Å². The molecule has 1 aliphatic rings. The number of carbonyl (C=O) groups excluding carboxylic acids is 1. The fraction of sp³-hybridized carbons (Fsp3) is 0.345. The summed E-state index contributed by atoms with van der Waals surface area (Å²) in [6.07, 6.45) is 4.31. The molecule has 0 saturated heterocycles. The minimum atomic E-state index is -0.628. The zero-order valence-electron chi connectivity index (χ0n) is 20.6. The van der Waals surface area contributed by atoms with Gasteiger partial charge in [-0.05, 0) is 62.3 Å². The Bertz CT molecular complexity index is 1300. The summed E-state index contributed by atoms with van der Waals surface area (Å²) in [7, 11) is 0. The first-order valence-corrected chi connectivity index (χ1v) is 11.9. The highest BCUT2D eigenvalue weighted by Gasteiger charge is 2.28. The van der Waals surface area contributed by atoms with Gasteiger partial charge in [-0.15, -0.1) is 6.58 Å². The number of ether oxygens (including phenoxy) is 1. The molecule has 0 spiro atoms. The second kappa shape index (κ2) is 9.79. The van der Waals surface area contributed by atoms with E-state index in [1.807, 2.05) is 57.2 Å². The highest BCUT2D eigenvalue weighted by molar-refractivity contribution is 5.99. The maximum Gasteiger partial charge on any atom is 0.410 e. The maximum absolute atomic E-state index is 12.9. The minimum absolute atomic E-state index is 0.209. The molecular weight excluding hydrogens is 438 g/mol. The summed E-state index contributed by atoms with van der Waals surface area (Å²) in [5.74, 6) is 1.22. The van der Waals surface area contributed by atoms with Crippen molar-refractivity contribution < 1.29 is 13.9 Å². The van der Waals surface area contributed by atoms with Crippen LogP contribution >= 0.6 is 0 Å². The van der Waals surface area contributed by atoms with E-state index in [-0.39, 0.29) is 6.54 Å². The van der Waals surface area contributed by atoms with Crippen molar-refractivity contribution in [2.75, 3.05) is 13.1 Å². The average molecular weight is 470 g/mol. The standard InChI is InChI=1S/C29H31N3O3/c1-6-14-32(28(33)35-29(3,4)5)18-19(2)25-23(21-10-8-7-9-11-21)16-22(17-30)26-27(25)34-24(31-26)15-20-12-13-20/h6-11,16,20H,1-2,12-15,18H2,3-5H3. The number of amides is 1. The lowest BCUT2D eigenvalue weighted by Gasteiger charge is -2.27. The Kier molecular flexibility index (Phi) is 6.79. The minimum Gasteiger partial charge on any atom is -0.444 e. The Hall–Kier alpha value is -3.85. The second-order valence-corrected chi connectivity index (χ2v) is 10.0. The highest BCUT2D eigenvalue weighted by atomic mass is 16.6. The smallest absolute Gasteiger partial charge is 0.410 e. The zero-order valence-corrected chi connectivity index (χ0v) is 20.6. The molecule has 0 atom stereocenters. The molecule has 1 saturated carbocycles. The Morgan fingerprint density at radius 1 is 1.31 bits per heavy atom. The van der Waals surface area contributed by atoms with Gasteiger partial charge in [0.15, 0.2) is 11.5 Å². The molecule has 0 aliphatic heterocycles. The number of nitriles is 1. The van der Waals surface area contributed by atoms with Gasteiger partial charge in [0.2, 0.25) is 0 Å². The third kappa shape index (κ3) is 5.63. The number of rotatable bonds is 8. The molecule has 0 N–H and O–H groups in total. The lowest BCUT2D eigenvalue weighted by atomic mass is 9.92. The molecule has 1 fully saturated rings. The molecular formula is C29H31N3O3. The summed E-state index contributed by atoms with van der Waals surface area (Å²) in [5, 5.41) is 9.90. The SMILES string of the molecule is C=CCN(CC(=C)c1c(-c2ccccc2)cc(C#N)c2nc(CC3CC3)oc12)C(=O)OC(C)(C)C. The number of oxazole rings is 1. The number of hydrogen-bond donors (Lipinski definition) is 0. The van der Waals surface area contributed by atoms with Crippen molar-refractivity contribution in [1.29, 1.82) is 5.26 Å². The van der Waals surface area contributed by atoms with Crippen LogP contribution in [-0.4, -0.2) is 34.7 Å². The summed E-state index contributed by atoms with van der Waals surface area (Å²) in [6, 6.07) is 13.9. The molecule has 180 valence electrons. The molecule has 35 heavy (non-hydrogen) atoms. The lowest BCUT2D eigenvalue weighted by molar-refractivity contribution is 0.0296. The van der Waals surface area contributed by atoms with Crippen molar-refractivity contribution in [2.24, 2.45) is 5.92 Å². The van der Waals surface area contributed by atoms with Crippen molar-refractivity contribution in [1.82, 2.24) is 9.88 Å². The van der Waals surface area contributed by atoms with E-state index in [4.69, 9.17) is 9.15 Å². The van der Waals surface area contributed by atoms with Crippen molar-refractivity contribution in [3.05, 3.63) is 72.6 Å². The molecule has 1 amide bonds. The summed E-state index contributed by atoms with van der Waals surface area (Å²) in [4.78, 5) is 19.1. The van der Waals surface area contributed by atoms with Crippen LogP contribution in [0, 0.1) is 17.2 Å². The van der Waals surface area contributed by atoms with Gasteiger partial charge in [0, 0.05) is 25.1 Å². The van der Waals surface area contributed by atoms with Crippen LogP contribution in [0.5, 0.6) is 0 Å². The Morgan fingerprint density at radius 2 is 2.03 bits per heavy atom. The van der Waals surface area contributed by atoms with E-state index < -0.39 is 11.7 Å². The van der Waals surface area contributed by atoms with Gasteiger partial charge in [0.1, 0.15) is 17.2 Å². The zero-order chi connectivity index (χ0) is 25.2. The number of carbonyl (C=O) groups is 1. The van der Waals surface area contributed by atoms with Crippen LogP contribution in [0.3, 0.4) is 0 Å². The molecule has 3 aromatic rings. The molecule has 1 heterocycles. The van der Waals surface area contributed by atoms with E-state index in [9.17, 15) is 10.1 Å². The third-order valence-corrected chi connectivity index (χ3v) is 5.81. The van der Waals surface area contributed by atoms with E-state index in [1.165, 1.54) is 12.8 Å². The maximum atomic E-state index is 12.9. The van der Waals surface area contributed by atoms with E-state index in [2.05, 4.69) is 24.2 Å². The first-order chi connectivity index (χ1) is 16.7. The fourth-order valence-electron chi connectivity index (χ4n) is 4.06. The Morgan fingerprint density at radius 3 is 2.63 bits per heavy atom. The van der Waals surface area contributed by atoms with Crippen LogP contribution in [0.4, 0.5) is 4.79 Å². The van der Waals surface area contributed by atoms with E-state index in [0.717, 1.165) is 23.1 Å². The van der Waals surface area contributed by atoms with Gasteiger partial charge < -0.3 is 14.1 Å². The highest BCUT2D eigenvalue weighted by Crippen LogP contribution is 2.39. The molecule has 6 heteroatoms. The van der Waals surface area contributed by atoms with Crippen LogP contribution in [0.25, 0.3) is 27.8 Å². The van der Waals surface area contributed by atoms with Crippen molar-refractivity contribution >= 4 is 22.8 Å². The van der Waals surface area contributed by atoms with Gasteiger partial charge in [-0.2, -0.15) is 5.26 Å². The van der Waals surface area contributed by atoms with Crippen molar-refractivity contribution in [2.45, 2.75) is 45.6 Å². The van der Waals surface area contributed by atoms with Crippen LogP contribution in [0.2, 0.25) is 0 Å². The quantitative estimate of drug-likeness (QED) is 0.341. The second-order valence-electron chi connectivity index (χ2n) is 10.0. The largest absolute Gasteiger partial charge is 0.444 e. The molecule has 6 nitrogen and oxygen atoms in total. The molecule has 4 rings (SSSR count). The Balaban J connectivity index is 1.82. The number of aromatic nitrogens is 1. The third-order valence-electron chi connectivity index (χ3n) is 5.81. The summed E-state index contributed by atoms with van der Waals surface area (Å²) >= 11 is 0. The number of benzene rings is 2. The van der Waals surface area contributed by atoms with Crippen molar-refractivity contribution in [3.8, 4) is 17.2 Å². The van der Waals surface area contributed by atoms with Gasteiger partial charge in [0.05, 0.1) is 5.56 Å².